The van der Waals surface area contributed by atoms with Gasteiger partial charge >= 0.3 is 0 Å². The van der Waals surface area contributed by atoms with E-state index in [2.05, 4.69) is 0 Å². The molecule has 0 bridgehead atoms. The Morgan fingerprint density at radius 1 is 1.17 bits per heavy atom. The first-order chi connectivity index (χ1) is 5.57. The number of hydrogen-bond acceptors (Lipinski definition) is 5. The maximum Gasteiger partial charge on any atom is 0.160 e. The van der Waals surface area contributed by atoms with Crippen LogP contribution in [0.15, 0.2) is 0 Å². The summed E-state index contributed by atoms with van der Waals surface area (Å²) in [6.45, 7) is 1.15. The molecule has 1 aliphatic heterocycles. The highest BCUT2D eigenvalue weighted by molar-refractivity contribution is 4.86. The third-order valence-corrected chi connectivity index (χ3v) is 2.21. The van der Waals surface area contributed by atoms with E-state index in [0.717, 1.165) is 0 Å². The summed E-state index contributed by atoms with van der Waals surface area (Å²) in [6, 6.07) is 0. The van der Waals surface area contributed by atoms with Crippen LogP contribution in [-0.4, -0.2) is 51.6 Å². The first-order valence-electron chi connectivity index (χ1n) is 3.88. The van der Waals surface area contributed by atoms with E-state index in [1.165, 1.54) is 0 Å². The standard InChI is InChI=1S/C7H14O5/c1-3-5(9)6(10)4(2-8)12-7(3)11/h3-11H,2H2,1H3/t3?,4?,5?,6?,7-/m0/s1. The molecule has 0 amide bonds. The van der Waals surface area contributed by atoms with Crippen LogP contribution in [0.4, 0.5) is 0 Å². The molecule has 0 aromatic heterocycles. The fourth-order valence-electron chi connectivity index (χ4n) is 1.23. The topological polar surface area (TPSA) is 90.2 Å². The molecule has 12 heavy (non-hydrogen) atoms. The molecule has 1 rings (SSSR count). The van der Waals surface area contributed by atoms with Gasteiger partial charge < -0.3 is 25.2 Å². The first-order valence-corrected chi connectivity index (χ1v) is 3.88. The van der Waals surface area contributed by atoms with Crippen molar-refractivity contribution in [1.29, 1.82) is 0 Å². The number of hydrogen-bond donors (Lipinski definition) is 4. The summed E-state index contributed by atoms with van der Waals surface area (Å²) in [5.41, 5.74) is 0. The zero-order chi connectivity index (χ0) is 9.30. The average molecular weight is 178 g/mol. The van der Waals surface area contributed by atoms with Gasteiger partial charge in [0.2, 0.25) is 0 Å². The molecule has 0 radical (unpaired) electrons. The van der Waals surface area contributed by atoms with E-state index in [1.807, 2.05) is 0 Å². The van der Waals surface area contributed by atoms with Crippen molar-refractivity contribution in [2.24, 2.45) is 5.92 Å². The van der Waals surface area contributed by atoms with Gasteiger partial charge in [0.1, 0.15) is 12.2 Å². The highest BCUT2D eigenvalue weighted by Crippen LogP contribution is 2.23. The van der Waals surface area contributed by atoms with Crippen LogP contribution in [0.25, 0.3) is 0 Å². The number of aliphatic hydroxyl groups excluding tert-OH is 4. The van der Waals surface area contributed by atoms with Gasteiger partial charge in [-0.05, 0) is 0 Å². The second kappa shape index (κ2) is 3.68. The van der Waals surface area contributed by atoms with E-state index in [-0.39, 0.29) is 0 Å². The minimum absolute atomic E-state index is 0.415. The minimum atomic E-state index is -1.13. The molecule has 0 spiro atoms. The first kappa shape index (κ1) is 9.88. The van der Waals surface area contributed by atoms with Crippen LogP contribution in [-0.2, 0) is 4.74 Å². The van der Waals surface area contributed by atoms with Gasteiger partial charge in [-0.2, -0.15) is 0 Å². The van der Waals surface area contributed by atoms with Gasteiger partial charge in [0.15, 0.2) is 6.29 Å². The Labute approximate surface area is 70.2 Å². The summed E-state index contributed by atoms with van der Waals surface area (Å²) in [4.78, 5) is 0. The SMILES string of the molecule is CC1C(O)C(O)C(CO)O[C@@H]1O. The Balaban J connectivity index is 2.63. The maximum atomic E-state index is 9.32. The molecule has 0 saturated carbocycles. The van der Waals surface area contributed by atoms with Gasteiger partial charge in [0.25, 0.3) is 0 Å². The van der Waals surface area contributed by atoms with Crippen molar-refractivity contribution >= 4 is 0 Å². The lowest BCUT2D eigenvalue weighted by molar-refractivity contribution is -0.266. The Morgan fingerprint density at radius 2 is 1.75 bits per heavy atom. The van der Waals surface area contributed by atoms with Crippen molar-refractivity contribution in [3.8, 4) is 0 Å². The molecule has 72 valence electrons. The van der Waals surface area contributed by atoms with Crippen molar-refractivity contribution in [2.75, 3.05) is 6.61 Å². The van der Waals surface area contributed by atoms with Gasteiger partial charge in [0, 0.05) is 5.92 Å². The molecular weight excluding hydrogens is 164 g/mol. The van der Waals surface area contributed by atoms with Gasteiger partial charge in [-0.25, -0.2) is 0 Å². The summed E-state index contributed by atoms with van der Waals surface area (Å²) >= 11 is 0. The molecule has 0 aromatic carbocycles. The van der Waals surface area contributed by atoms with Crippen molar-refractivity contribution in [3.63, 3.8) is 0 Å². The highest BCUT2D eigenvalue weighted by atomic mass is 16.6. The Bertz CT molecular complexity index is 146. The summed E-state index contributed by atoms with van der Waals surface area (Å²) in [7, 11) is 0. The monoisotopic (exact) mass is 178 g/mol. The van der Waals surface area contributed by atoms with Gasteiger partial charge in [0.05, 0.1) is 12.7 Å². The Kier molecular flexibility index (Phi) is 3.03. The van der Waals surface area contributed by atoms with Crippen molar-refractivity contribution in [2.45, 2.75) is 31.5 Å². The molecule has 5 nitrogen and oxygen atoms in total. The average Bonchev–Trinajstić information content (AvgIpc) is 2.08. The molecule has 4 unspecified atom stereocenters. The molecule has 0 aromatic rings. The molecule has 1 saturated heterocycles. The second-order valence-corrected chi connectivity index (χ2v) is 3.09. The smallest absolute Gasteiger partial charge is 0.160 e. The van der Waals surface area contributed by atoms with Crippen molar-refractivity contribution in [3.05, 3.63) is 0 Å². The molecule has 0 aliphatic carbocycles. The molecule has 4 N–H and O–H groups in total. The van der Waals surface area contributed by atoms with Gasteiger partial charge in [-0.15, -0.1) is 0 Å². The summed E-state index contributed by atoms with van der Waals surface area (Å²) < 4.78 is 4.83. The largest absolute Gasteiger partial charge is 0.394 e. The van der Waals surface area contributed by atoms with E-state index in [0.29, 0.717) is 0 Å². The summed E-state index contributed by atoms with van der Waals surface area (Å²) in [6.07, 6.45) is -4.20. The number of aliphatic hydroxyl groups is 4. The summed E-state index contributed by atoms with van der Waals surface area (Å²) in [5.74, 6) is -0.539. The molecule has 1 aliphatic rings. The minimum Gasteiger partial charge on any atom is -0.394 e. The van der Waals surface area contributed by atoms with E-state index >= 15 is 0 Å². The van der Waals surface area contributed by atoms with Gasteiger partial charge in [-0.3, -0.25) is 0 Å². The quantitative estimate of drug-likeness (QED) is 0.375. The lowest BCUT2D eigenvalue weighted by atomic mass is 9.93. The zero-order valence-electron chi connectivity index (χ0n) is 6.79. The Hall–Kier alpha value is -0.200. The van der Waals surface area contributed by atoms with Crippen LogP contribution in [0, 0.1) is 5.92 Å². The maximum absolute atomic E-state index is 9.32. The fourth-order valence-corrected chi connectivity index (χ4v) is 1.23. The summed E-state index contributed by atoms with van der Waals surface area (Å²) in [5, 5.41) is 36.4. The third-order valence-electron chi connectivity index (χ3n) is 2.21. The normalized spacial score (nSPS) is 49.2. The molecule has 5 heteroatoms. The van der Waals surface area contributed by atoms with Crippen molar-refractivity contribution in [1.82, 2.24) is 0 Å². The number of rotatable bonds is 1. The van der Waals surface area contributed by atoms with Crippen LogP contribution < -0.4 is 0 Å². The van der Waals surface area contributed by atoms with Crippen LogP contribution in [0.1, 0.15) is 6.92 Å². The molecular formula is C7H14O5. The van der Waals surface area contributed by atoms with Gasteiger partial charge in [-0.1, -0.05) is 6.92 Å². The zero-order valence-corrected chi connectivity index (χ0v) is 6.79. The van der Waals surface area contributed by atoms with Crippen LogP contribution >= 0.6 is 0 Å². The van der Waals surface area contributed by atoms with E-state index in [1.54, 1.807) is 6.92 Å². The molecule has 1 heterocycles. The predicted molar refractivity (Wildman–Crippen MR) is 39.1 cm³/mol. The fraction of sp³-hybridized carbons (Fsp3) is 1.00. The van der Waals surface area contributed by atoms with Crippen LogP contribution in [0.5, 0.6) is 0 Å². The van der Waals surface area contributed by atoms with E-state index in [9.17, 15) is 10.2 Å². The predicted octanol–water partition coefficient (Wildman–Crippen LogP) is -1.95. The van der Waals surface area contributed by atoms with Crippen LogP contribution in [0.2, 0.25) is 0 Å². The Morgan fingerprint density at radius 3 is 2.25 bits per heavy atom. The van der Waals surface area contributed by atoms with Crippen molar-refractivity contribution < 1.29 is 25.2 Å². The molecule has 1 fully saturated rings. The lowest BCUT2D eigenvalue weighted by Crippen LogP contribution is -2.54. The third kappa shape index (κ3) is 1.60. The second-order valence-electron chi connectivity index (χ2n) is 3.09. The lowest BCUT2D eigenvalue weighted by Gasteiger charge is -2.38. The molecule has 5 atom stereocenters. The number of ether oxygens (including phenoxy) is 1. The van der Waals surface area contributed by atoms with E-state index < -0.39 is 37.1 Å². The van der Waals surface area contributed by atoms with E-state index in [4.69, 9.17) is 14.9 Å². The highest BCUT2D eigenvalue weighted by Gasteiger charge is 2.40. The van der Waals surface area contributed by atoms with Crippen LogP contribution in [0.3, 0.4) is 0 Å².